The number of rotatable bonds is 2. The minimum Gasteiger partial charge on any atom is -0.443 e. The summed E-state index contributed by atoms with van der Waals surface area (Å²) in [6, 6.07) is 9.31. The van der Waals surface area contributed by atoms with Crippen molar-refractivity contribution in [2.45, 2.75) is 26.0 Å². The van der Waals surface area contributed by atoms with Crippen molar-refractivity contribution in [2.24, 2.45) is 0 Å². The van der Waals surface area contributed by atoms with Crippen LogP contribution in [0.5, 0.6) is 0 Å². The molecule has 1 unspecified atom stereocenters. The fraction of sp³-hybridized carbons (Fsp3) is 0.333. The van der Waals surface area contributed by atoms with Crippen LogP contribution >= 0.6 is 0 Å². The number of nitrogens with zero attached hydrogens (tertiary/aromatic N) is 1. The Bertz CT molecular complexity index is 419. The van der Waals surface area contributed by atoms with Crippen molar-refractivity contribution in [2.75, 3.05) is 0 Å². The van der Waals surface area contributed by atoms with Crippen molar-refractivity contribution in [3.8, 4) is 0 Å². The SMILES string of the molecule is CC1CC(=O)N(C(=O)OCc2ccccc2)N1. The molecule has 0 bridgehead atoms. The second kappa shape index (κ2) is 4.97. The molecule has 17 heavy (non-hydrogen) atoms. The standard InChI is InChI=1S/C12H14N2O3/c1-9-7-11(15)14(13-9)12(16)17-8-10-5-3-2-4-6-10/h2-6,9,13H,7-8H2,1H3. The highest BCUT2D eigenvalue weighted by atomic mass is 16.6. The Kier molecular flexibility index (Phi) is 3.39. The lowest BCUT2D eigenvalue weighted by Crippen LogP contribution is -2.41. The van der Waals surface area contributed by atoms with Crippen molar-refractivity contribution in [1.82, 2.24) is 10.4 Å². The van der Waals surface area contributed by atoms with E-state index in [-0.39, 0.29) is 18.6 Å². The third-order valence-electron chi connectivity index (χ3n) is 2.47. The van der Waals surface area contributed by atoms with Gasteiger partial charge in [-0.3, -0.25) is 4.79 Å². The van der Waals surface area contributed by atoms with Crippen molar-refractivity contribution in [3.63, 3.8) is 0 Å². The van der Waals surface area contributed by atoms with Crippen LogP contribution in [0.25, 0.3) is 0 Å². The first kappa shape index (κ1) is 11.6. The van der Waals surface area contributed by atoms with E-state index in [9.17, 15) is 9.59 Å². The molecule has 0 saturated carbocycles. The molecule has 0 radical (unpaired) electrons. The zero-order valence-corrected chi connectivity index (χ0v) is 9.55. The number of carbonyl (C=O) groups excluding carboxylic acids is 2. The highest BCUT2D eigenvalue weighted by Crippen LogP contribution is 2.09. The average molecular weight is 234 g/mol. The Balaban J connectivity index is 1.88. The molecule has 0 aromatic heterocycles. The first-order valence-corrected chi connectivity index (χ1v) is 5.46. The summed E-state index contributed by atoms with van der Waals surface area (Å²) >= 11 is 0. The number of hydrogen-bond acceptors (Lipinski definition) is 4. The number of ether oxygens (including phenoxy) is 1. The van der Waals surface area contributed by atoms with Crippen molar-refractivity contribution in [1.29, 1.82) is 0 Å². The largest absolute Gasteiger partial charge is 0.443 e. The minimum atomic E-state index is -0.650. The fourth-order valence-electron chi connectivity index (χ4n) is 1.63. The van der Waals surface area contributed by atoms with E-state index in [0.717, 1.165) is 10.6 Å². The summed E-state index contributed by atoms with van der Waals surface area (Å²) in [5.74, 6) is -0.254. The maximum Gasteiger partial charge on any atom is 0.431 e. The summed E-state index contributed by atoms with van der Waals surface area (Å²) in [5.41, 5.74) is 3.64. The maximum absolute atomic E-state index is 11.6. The molecule has 1 atom stereocenters. The molecule has 1 N–H and O–H groups in total. The number of hydrazine groups is 1. The zero-order valence-electron chi connectivity index (χ0n) is 9.55. The van der Waals surface area contributed by atoms with Gasteiger partial charge in [-0.1, -0.05) is 30.3 Å². The van der Waals surface area contributed by atoms with E-state index in [1.807, 2.05) is 37.3 Å². The molecule has 1 aromatic rings. The van der Waals surface area contributed by atoms with Gasteiger partial charge in [-0.2, -0.15) is 5.01 Å². The first-order chi connectivity index (χ1) is 8.16. The monoisotopic (exact) mass is 234 g/mol. The molecule has 0 aliphatic carbocycles. The van der Waals surface area contributed by atoms with Gasteiger partial charge in [0.1, 0.15) is 6.61 Å². The summed E-state index contributed by atoms with van der Waals surface area (Å²) in [5, 5.41) is 0.938. The Labute approximate surface area is 99.3 Å². The van der Waals surface area contributed by atoms with E-state index < -0.39 is 6.09 Å². The van der Waals surface area contributed by atoms with Crippen molar-refractivity contribution >= 4 is 12.0 Å². The van der Waals surface area contributed by atoms with Crippen LogP contribution in [0.4, 0.5) is 4.79 Å². The van der Waals surface area contributed by atoms with Crippen LogP contribution in [-0.2, 0) is 16.1 Å². The third-order valence-corrected chi connectivity index (χ3v) is 2.47. The molecule has 1 heterocycles. The molecule has 1 aromatic carbocycles. The van der Waals surface area contributed by atoms with Crippen LogP contribution in [0.1, 0.15) is 18.9 Å². The smallest absolute Gasteiger partial charge is 0.431 e. The van der Waals surface area contributed by atoms with Gasteiger partial charge in [-0.15, -0.1) is 0 Å². The molecule has 5 nitrogen and oxygen atoms in total. The summed E-state index contributed by atoms with van der Waals surface area (Å²) in [4.78, 5) is 23.0. The summed E-state index contributed by atoms with van der Waals surface area (Å²) < 4.78 is 5.03. The topological polar surface area (TPSA) is 58.6 Å². The van der Waals surface area contributed by atoms with Gasteiger partial charge in [-0.05, 0) is 12.5 Å². The Hall–Kier alpha value is -1.88. The van der Waals surface area contributed by atoms with Gasteiger partial charge in [-0.25, -0.2) is 10.2 Å². The van der Waals surface area contributed by atoms with Gasteiger partial charge in [0.15, 0.2) is 0 Å². The highest BCUT2D eigenvalue weighted by molar-refractivity contribution is 5.93. The number of nitrogens with one attached hydrogen (secondary N) is 1. The molecule has 2 rings (SSSR count). The lowest BCUT2D eigenvalue weighted by molar-refractivity contribution is -0.127. The molecular weight excluding hydrogens is 220 g/mol. The Morgan fingerprint density at radius 2 is 2.18 bits per heavy atom. The summed E-state index contributed by atoms with van der Waals surface area (Å²) in [7, 11) is 0. The van der Waals surface area contributed by atoms with Crippen LogP contribution in [0.15, 0.2) is 30.3 Å². The molecule has 1 saturated heterocycles. The summed E-state index contributed by atoms with van der Waals surface area (Å²) in [6.45, 7) is 2.00. The van der Waals surface area contributed by atoms with E-state index in [1.54, 1.807) is 0 Å². The Morgan fingerprint density at radius 1 is 1.47 bits per heavy atom. The molecule has 2 amide bonds. The average Bonchev–Trinajstić information content (AvgIpc) is 2.67. The normalized spacial score (nSPS) is 19.5. The second-order valence-electron chi connectivity index (χ2n) is 4.00. The van der Waals surface area contributed by atoms with Crippen molar-refractivity contribution < 1.29 is 14.3 Å². The van der Waals surface area contributed by atoms with Gasteiger partial charge in [0.05, 0.1) is 0 Å². The van der Waals surface area contributed by atoms with E-state index in [1.165, 1.54) is 0 Å². The third kappa shape index (κ3) is 2.82. The maximum atomic E-state index is 11.6. The van der Waals surface area contributed by atoms with E-state index >= 15 is 0 Å². The molecule has 1 aliphatic heterocycles. The van der Waals surface area contributed by atoms with Crippen LogP contribution in [-0.4, -0.2) is 23.1 Å². The van der Waals surface area contributed by atoms with E-state index in [2.05, 4.69) is 5.43 Å². The van der Waals surface area contributed by atoms with Gasteiger partial charge >= 0.3 is 6.09 Å². The van der Waals surface area contributed by atoms with Crippen LogP contribution in [0, 0.1) is 0 Å². The summed E-state index contributed by atoms with van der Waals surface area (Å²) in [6.07, 6.45) is -0.330. The fourth-order valence-corrected chi connectivity index (χ4v) is 1.63. The van der Waals surface area contributed by atoms with E-state index in [0.29, 0.717) is 6.42 Å². The van der Waals surface area contributed by atoms with E-state index in [4.69, 9.17) is 4.74 Å². The number of carbonyl (C=O) groups is 2. The van der Waals surface area contributed by atoms with Gasteiger partial charge in [0, 0.05) is 12.5 Å². The molecule has 1 aliphatic rings. The quantitative estimate of drug-likeness (QED) is 0.841. The molecule has 90 valence electrons. The number of hydrogen-bond donors (Lipinski definition) is 1. The van der Waals surface area contributed by atoms with Crippen LogP contribution in [0.3, 0.4) is 0 Å². The first-order valence-electron chi connectivity index (χ1n) is 5.46. The predicted octanol–water partition coefficient (Wildman–Crippen LogP) is 1.45. The molecule has 5 heteroatoms. The van der Waals surface area contributed by atoms with Crippen LogP contribution < -0.4 is 5.43 Å². The highest BCUT2D eigenvalue weighted by Gasteiger charge is 2.32. The lowest BCUT2D eigenvalue weighted by atomic mass is 10.2. The number of benzene rings is 1. The predicted molar refractivity (Wildman–Crippen MR) is 60.7 cm³/mol. The van der Waals surface area contributed by atoms with Gasteiger partial charge in [0.25, 0.3) is 0 Å². The Morgan fingerprint density at radius 3 is 2.76 bits per heavy atom. The minimum absolute atomic E-state index is 0.0215. The van der Waals surface area contributed by atoms with Crippen LogP contribution in [0.2, 0.25) is 0 Å². The molecule has 1 fully saturated rings. The van der Waals surface area contributed by atoms with Crippen molar-refractivity contribution in [3.05, 3.63) is 35.9 Å². The molecule has 0 spiro atoms. The second-order valence-corrected chi connectivity index (χ2v) is 4.00. The van der Waals surface area contributed by atoms with Gasteiger partial charge < -0.3 is 4.74 Å². The zero-order chi connectivity index (χ0) is 12.3. The van der Waals surface area contributed by atoms with Gasteiger partial charge in [0.2, 0.25) is 5.91 Å². The lowest BCUT2D eigenvalue weighted by Gasteiger charge is -2.14. The molecular formula is C12H14N2O3. The number of amides is 2. The number of imide groups is 1.